The molecule has 114 valence electrons. The zero-order valence-electron chi connectivity index (χ0n) is 13.9. The zero-order chi connectivity index (χ0) is 15.2. The Morgan fingerprint density at radius 1 is 1.19 bits per heavy atom. The van der Waals surface area contributed by atoms with E-state index < -0.39 is 0 Å². The Bertz CT molecular complexity index is 578. The van der Waals surface area contributed by atoms with E-state index in [1.54, 1.807) is 5.57 Å². The molecule has 1 saturated carbocycles. The summed E-state index contributed by atoms with van der Waals surface area (Å²) in [5, 5.41) is 10.3. The fourth-order valence-electron chi connectivity index (χ4n) is 4.33. The van der Waals surface area contributed by atoms with E-state index in [1.165, 1.54) is 36.8 Å². The van der Waals surface area contributed by atoms with Crippen molar-refractivity contribution in [2.45, 2.75) is 65.7 Å². The van der Waals surface area contributed by atoms with Gasteiger partial charge in [-0.25, -0.2) is 0 Å². The molecule has 3 rings (SSSR count). The van der Waals surface area contributed by atoms with E-state index in [-0.39, 0.29) is 0 Å². The highest BCUT2D eigenvalue weighted by molar-refractivity contribution is 5.62. The second-order valence-electron chi connectivity index (χ2n) is 7.92. The second-order valence-corrected chi connectivity index (χ2v) is 7.92. The third kappa shape index (κ3) is 2.63. The normalized spacial score (nSPS) is 24.0. The van der Waals surface area contributed by atoms with Gasteiger partial charge in [-0.3, -0.25) is 0 Å². The standard InChI is InChI=1S/C20H28O/c1-13(2)17-11-14-7-8-18-15(6-5-9-20(18,3)4)10-16(14)12-19(17)21/h10-13,18,21H,5-9H2,1-4H3. The Morgan fingerprint density at radius 2 is 1.95 bits per heavy atom. The number of fused-ring (bicyclic) bond motifs is 2. The highest BCUT2D eigenvalue weighted by Gasteiger charge is 2.36. The number of rotatable bonds is 1. The van der Waals surface area contributed by atoms with Crippen LogP contribution in [0, 0.1) is 11.3 Å². The molecule has 1 fully saturated rings. The summed E-state index contributed by atoms with van der Waals surface area (Å²) in [6.45, 7) is 9.16. The number of allylic oxidation sites excluding steroid dienone is 1. The van der Waals surface area contributed by atoms with Crippen molar-refractivity contribution in [3.8, 4) is 5.75 Å². The lowest BCUT2D eigenvalue weighted by Gasteiger charge is -2.40. The number of aromatic hydroxyl groups is 1. The van der Waals surface area contributed by atoms with Crippen molar-refractivity contribution in [2.24, 2.45) is 11.3 Å². The van der Waals surface area contributed by atoms with Gasteiger partial charge in [-0.05, 0) is 72.1 Å². The first kappa shape index (κ1) is 14.7. The Labute approximate surface area is 129 Å². The third-order valence-electron chi connectivity index (χ3n) is 5.63. The van der Waals surface area contributed by atoms with Gasteiger partial charge in [0.15, 0.2) is 0 Å². The maximum Gasteiger partial charge on any atom is 0.119 e. The predicted molar refractivity (Wildman–Crippen MR) is 89.6 cm³/mol. The maximum absolute atomic E-state index is 10.3. The molecular weight excluding hydrogens is 256 g/mol. The average molecular weight is 284 g/mol. The molecule has 21 heavy (non-hydrogen) atoms. The smallest absolute Gasteiger partial charge is 0.119 e. The van der Waals surface area contributed by atoms with Gasteiger partial charge in [-0.1, -0.05) is 45.4 Å². The first-order valence-electron chi connectivity index (χ1n) is 8.45. The number of phenols is 1. The van der Waals surface area contributed by atoms with E-state index >= 15 is 0 Å². The number of benzene rings is 1. The summed E-state index contributed by atoms with van der Waals surface area (Å²) in [6, 6.07) is 4.25. The molecule has 1 aromatic carbocycles. The molecule has 1 N–H and O–H groups in total. The van der Waals surface area contributed by atoms with Crippen LogP contribution in [-0.2, 0) is 6.42 Å². The minimum absolute atomic E-state index is 0.380. The molecular formula is C20H28O. The summed E-state index contributed by atoms with van der Waals surface area (Å²) in [5.74, 6) is 1.56. The molecule has 2 aliphatic rings. The van der Waals surface area contributed by atoms with Crippen LogP contribution in [0.4, 0.5) is 0 Å². The molecule has 1 aromatic rings. The summed E-state index contributed by atoms with van der Waals surface area (Å²) < 4.78 is 0. The molecule has 0 aliphatic heterocycles. The van der Waals surface area contributed by atoms with Crippen molar-refractivity contribution in [1.29, 1.82) is 0 Å². The fraction of sp³-hybridized carbons (Fsp3) is 0.600. The molecule has 1 heteroatoms. The van der Waals surface area contributed by atoms with E-state index in [0.29, 0.717) is 23.0 Å². The van der Waals surface area contributed by atoms with Crippen molar-refractivity contribution in [3.63, 3.8) is 0 Å². The summed E-state index contributed by atoms with van der Waals surface area (Å²) in [5.41, 5.74) is 5.81. The lowest BCUT2D eigenvalue weighted by atomic mass is 9.65. The van der Waals surface area contributed by atoms with Gasteiger partial charge in [-0.15, -0.1) is 0 Å². The van der Waals surface area contributed by atoms with Crippen molar-refractivity contribution in [2.75, 3.05) is 0 Å². The topological polar surface area (TPSA) is 20.2 Å². The van der Waals surface area contributed by atoms with Gasteiger partial charge in [0.05, 0.1) is 0 Å². The van der Waals surface area contributed by atoms with Crippen LogP contribution in [0.1, 0.15) is 76.0 Å². The summed E-state index contributed by atoms with van der Waals surface area (Å²) in [4.78, 5) is 0. The molecule has 0 amide bonds. The van der Waals surface area contributed by atoms with Crippen LogP contribution >= 0.6 is 0 Å². The van der Waals surface area contributed by atoms with Gasteiger partial charge >= 0.3 is 0 Å². The monoisotopic (exact) mass is 284 g/mol. The van der Waals surface area contributed by atoms with E-state index in [0.717, 1.165) is 12.0 Å². The number of hydrogen-bond donors (Lipinski definition) is 1. The largest absolute Gasteiger partial charge is 0.508 e. The predicted octanol–water partition coefficient (Wildman–Crippen LogP) is 5.67. The van der Waals surface area contributed by atoms with Gasteiger partial charge in [0.25, 0.3) is 0 Å². The highest BCUT2D eigenvalue weighted by atomic mass is 16.3. The van der Waals surface area contributed by atoms with Crippen LogP contribution < -0.4 is 0 Å². The maximum atomic E-state index is 10.3. The van der Waals surface area contributed by atoms with E-state index in [2.05, 4.69) is 39.8 Å². The number of phenolic OH excluding ortho intramolecular Hbond substituents is 1. The third-order valence-corrected chi connectivity index (χ3v) is 5.63. The molecule has 0 saturated heterocycles. The molecule has 0 heterocycles. The highest BCUT2D eigenvalue weighted by Crippen LogP contribution is 2.48. The van der Waals surface area contributed by atoms with Gasteiger partial charge < -0.3 is 5.11 Å². The Morgan fingerprint density at radius 3 is 2.67 bits per heavy atom. The molecule has 0 radical (unpaired) electrons. The van der Waals surface area contributed by atoms with Crippen molar-refractivity contribution in [3.05, 3.63) is 34.4 Å². The van der Waals surface area contributed by atoms with Crippen LogP contribution in [-0.4, -0.2) is 5.11 Å². The lowest BCUT2D eigenvalue weighted by molar-refractivity contribution is 0.182. The minimum atomic E-state index is 0.380. The van der Waals surface area contributed by atoms with Gasteiger partial charge in [0.2, 0.25) is 0 Å². The summed E-state index contributed by atoms with van der Waals surface area (Å²) in [6.07, 6.45) is 8.67. The summed E-state index contributed by atoms with van der Waals surface area (Å²) >= 11 is 0. The molecule has 0 bridgehead atoms. The Balaban J connectivity index is 2.04. The molecule has 2 aliphatic carbocycles. The van der Waals surface area contributed by atoms with Gasteiger partial charge in [0.1, 0.15) is 5.75 Å². The second kappa shape index (κ2) is 5.19. The average Bonchev–Trinajstić information content (AvgIpc) is 2.56. The number of hydrogen-bond acceptors (Lipinski definition) is 1. The van der Waals surface area contributed by atoms with Crippen molar-refractivity contribution in [1.82, 2.24) is 0 Å². The SMILES string of the molecule is CC(C)c1cc2c(cc1O)C=C1CCCC(C)(C)C1CC2. The first-order valence-corrected chi connectivity index (χ1v) is 8.45. The van der Waals surface area contributed by atoms with Gasteiger partial charge in [-0.2, -0.15) is 0 Å². The first-order chi connectivity index (χ1) is 9.88. The van der Waals surface area contributed by atoms with Crippen molar-refractivity contribution < 1.29 is 5.11 Å². The summed E-state index contributed by atoms with van der Waals surface area (Å²) in [7, 11) is 0. The minimum Gasteiger partial charge on any atom is -0.508 e. The van der Waals surface area contributed by atoms with E-state index in [4.69, 9.17) is 0 Å². The number of aryl methyl sites for hydroxylation is 1. The van der Waals surface area contributed by atoms with Crippen LogP contribution in [0.25, 0.3) is 6.08 Å². The molecule has 0 aromatic heterocycles. The zero-order valence-corrected chi connectivity index (χ0v) is 13.9. The molecule has 1 unspecified atom stereocenters. The lowest BCUT2D eigenvalue weighted by Crippen LogP contribution is -2.29. The van der Waals surface area contributed by atoms with Gasteiger partial charge in [0, 0.05) is 0 Å². The molecule has 1 atom stereocenters. The molecule has 1 nitrogen and oxygen atoms in total. The van der Waals surface area contributed by atoms with Crippen LogP contribution in [0.5, 0.6) is 5.75 Å². The van der Waals surface area contributed by atoms with E-state index in [9.17, 15) is 5.11 Å². The van der Waals surface area contributed by atoms with Crippen molar-refractivity contribution >= 4 is 6.08 Å². The Hall–Kier alpha value is -1.24. The fourth-order valence-corrected chi connectivity index (χ4v) is 4.33. The molecule has 0 spiro atoms. The van der Waals surface area contributed by atoms with Crippen LogP contribution in [0.3, 0.4) is 0 Å². The quantitative estimate of drug-likeness (QED) is 0.704. The van der Waals surface area contributed by atoms with Crippen LogP contribution in [0.2, 0.25) is 0 Å². The Kier molecular flexibility index (Phi) is 3.63. The van der Waals surface area contributed by atoms with Crippen LogP contribution in [0.15, 0.2) is 17.7 Å². The van der Waals surface area contributed by atoms with E-state index in [1.807, 2.05) is 6.07 Å².